The number of nitrogens with two attached hydrogens (primary N) is 1. The Hall–Kier alpha value is -3.92. The first-order valence-electron chi connectivity index (χ1n) is 9.69. The van der Waals surface area contributed by atoms with Crippen molar-refractivity contribution in [3.63, 3.8) is 0 Å². The molecule has 0 fully saturated rings. The molecule has 0 radical (unpaired) electrons. The Balaban J connectivity index is 1.92. The second-order valence-electron chi connectivity index (χ2n) is 7.50. The van der Waals surface area contributed by atoms with Crippen molar-refractivity contribution in [3.05, 3.63) is 92.4 Å². The molecule has 0 amide bonds. The molecule has 2 aromatic carbocycles. The van der Waals surface area contributed by atoms with E-state index in [1.165, 1.54) is 12.1 Å². The average molecular weight is 400 g/mol. The zero-order valence-electron chi connectivity index (χ0n) is 16.5. The van der Waals surface area contributed by atoms with Crippen molar-refractivity contribution < 1.29 is 9.72 Å². The van der Waals surface area contributed by atoms with E-state index < -0.39 is 10.8 Å². The van der Waals surface area contributed by atoms with E-state index in [9.17, 15) is 20.2 Å². The average Bonchev–Trinajstić information content (AvgIpc) is 2.74. The van der Waals surface area contributed by atoms with Crippen LogP contribution in [-0.4, -0.2) is 10.7 Å². The number of hydrogen-bond acceptors (Lipinski definition) is 6. The maximum Gasteiger partial charge on any atom is 0.269 e. The minimum absolute atomic E-state index is 0.0167. The van der Waals surface area contributed by atoms with E-state index in [4.69, 9.17) is 5.73 Å². The van der Waals surface area contributed by atoms with Gasteiger partial charge in [0, 0.05) is 35.5 Å². The van der Waals surface area contributed by atoms with Gasteiger partial charge in [-0.25, -0.2) is 0 Å². The molecular weight excluding hydrogens is 380 g/mol. The van der Waals surface area contributed by atoms with Crippen LogP contribution in [-0.2, 0) is 4.79 Å². The van der Waals surface area contributed by atoms with Crippen LogP contribution in [0.15, 0.2) is 71.2 Å². The molecule has 0 saturated heterocycles. The van der Waals surface area contributed by atoms with E-state index in [0.29, 0.717) is 30.4 Å². The topological polar surface area (TPSA) is 113 Å². The lowest BCUT2D eigenvalue weighted by atomic mass is 9.75. The van der Waals surface area contributed by atoms with Crippen molar-refractivity contribution in [2.75, 3.05) is 4.90 Å². The molecule has 7 heteroatoms. The van der Waals surface area contributed by atoms with Crippen LogP contribution in [0.1, 0.15) is 36.3 Å². The molecule has 4 rings (SSSR count). The van der Waals surface area contributed by atoms with Gasteiger partial charge in [0.15, 0.2) is 5.78 Å². The number of ketones is 1. The number of anilines is 1. The number of nitro groups is 1. The second-order valence-corrected chi connectivity index (χ2v) is 7.50. The molecular formula is C23H20N4O3. The van der Waals surface area contributed by atoms with Gasteiger partial charge < -0.3 is 5.73 Å². The maximum atomic E-state index is 13.0. The molecule has 1 unspecified atom stereocenters. The number of nitro benzene ring substituents is 1. The minimum Gasteiger partial charge on any atom is -0.384 e. The zero-order valence-corrected chi connectivity index (χ0v) is 16.5. The number of aryl methyl sites for hydroxylation is 1. The van der Waals surface area contributed by atoms with Crippen molar-refractivity contribution in [2.45, 2.75) is 32.1 Å². The molecule has 1 aliphatic heterocycles. The van der Waals surface area contributed by atoms with Gasteiger partial charge in [0.25, 0.3) is 5.69 Å². The molecule has 1 heterocycles. The number of rotatable bonds is 3. The van der Waals surface area contributed by atoms with Crippen LogP contribution in [0.2, 0.25) is 0 Å². The van der Waals surface area contributed by atoms with Gasteiger partial charge in [-0.1, -0.05) is 29.8 Å². The van der Waals surface area contributed by atoms with E-state index in [1.807, 2.05) is 36.1 Å². The molecule has 30 heavy (non-hydrogen) atoms. The SMILES string of the molecule is Cc1ccc(N2C(N)=C(C#N)C(c3ccc([N+](=O)[O-])cc3)C3=C2CCCC3=O)cc1. The van der Waals surface area contributed by atoms with Gasteiger partial charge in [0.1, 0.15) is 5.82 Å². The molecule has 0 aromatic heterocycles. The van der Waals surface area contributed by atoms with Crippen LogP contribution in [0.3, 0.4) is 0 Å². The Bertz CT molecular complexity index is 1140. The fourth-order valence-corrected chi connectivity index (χ4v) is 4.20. The van der Waals surface area contributed by atoms with Gasteiger partial charge in [0.05, 0.1) is 22.5 Å². The predicted octanol–water partition coefficient (Wildman–Crippen LogP) is 4.21. The van der Waals surface area contributed by atoms with Crippen molar-refractivity contribution in [1.82, 2.24) is 0 Å². The quantitative estimate of drug-likeness (QED) is 0.610. The number of benzene rings is 2. The first-order chi connectivity index (χ1) is 14.4. The highest BCUT2D eigenvalue weighted by Gasteiger charge is 2.40. The van der Waals surface area contributed by atoms with Crippen molar-refractivity contribution in [3.8, 4) is 6.07 Å². The second kappa shape index (κ2) is 7.48. The molecule has 0 bridgehead atoms. The molecule has 2 aromatic rings. The summed E-state index contributed by atoms with van der Waals surface area (Å²) in [6, 6.07) is 15.9. The van der Waals surface area contributed by atoms with Crippen molar-refractivity contribution in [2.24, 2.45) is 5.73 Å². The number of allylic oxidation sites excluding steroid dienone is 3. The molecule has 0 saturated carbocycles. The third-order valence-corrected chi connectivity index (χ3v) is 5.64. The number of hydrogen-bond donors (Lipinski definition) is 1. The fraction of sp³-hybridized carbons (Fsp3) is 0.217. The number of nitrogens with zero attached hydrogens (tertiary/aromatic N) is 3. The van der Waals surface area contributed by atoms with Crippen LogP contribution in [0, 0.1) is 28.4 Å². The summed E-state index contributed by atoms with van der Waals surface area (Å²) in [6.07, 6.45) is 1.78. The first-order valence-corrected chi connectivity index (χ1v) is 9.69. The number of Topliss-reactive ketones (excluding diaryl/α,β-unsaturated/α-hetero) is 1. The lowest BCUT2D eigenvalue weighted by Gasteiger charge is -2.39. The molecule has 2 N–H and O–H groups in total. The number of carbonyl (C=O) groups is 1. The Kier molecular flexibility index (Phi) is 4.84. The highest BCUT2D eigenvalue weighted by atomic mass is 16.6. The first kappa shape index (κ1) is 19.4. The monoisotopic (exact) mass is 400 g/mol. The summed E-state index contributed by atoms with van der Waals surface area (Å²) in [5.74, 6) is -0.351. The Morgan fingerprint density at radius 3 is 2.40 bits per heavy atom. The molecule has 2 aliphatic rings. The lowest BCUT2D eigenvalue weighted by molar-refractivity contribution is -0.384. The number of nitriles is 1. The molecule has 150 valence electrons. The summed E-state index contributed by atoms with van der Waals surface area (Å²) in [4.78, 5) is 25.4. The Morgan fingerprint density at radius 2 is 1.80 bits per heavy atom. The summed E-state index contributed by atoms with van der Waals surface area (Å²) in [7, 11) is 0. The summed E-state index contributed by atoms with van der Waals surface area (Å²) < 4.78 is 0. The van der Waals surface area contributed by atoms with E-state index in [2.05, 4.69) is 6.07 Å². The van der Waals surface area contributed by atoms with Crippen LogP contribution in [0.4, 0.5) is 11.4 Å². The van der Waals surface area contributed by atoms with Gasteiger partial charge in [-0.3, -0.25) is 19.8 Å². The van der Waals surface area contributed by atoms with E-state index in [0.717, 1.165) is 16.9 Å². The number of non-ortho nitro benzene ring substituents is 1. The van der Waals surface area contributed by atoms with Crippen molar-refractivity contribution >= 4 is 17.2 Å². The Labute approximate surface area is 173 Å². The normalized spacial score (nSPS) is 18.9. The van der Waals surface area contributed by atoms with Crippen LogP contribution < -0.4 is 10.6 Å². The third-order valence-electron chi connectivity index (χ3n) is 5.64. The predicted molar refractivity (Wildman–Crippen MR) is 112 cm³/mol. The Morgan fingerprint density at radius 1 is 1.13 bits per heavy atom. The van der Waals surface area contributed by atoms with E-state index >= 15 is 0 Å². The van der Waals surface area contributed by atoms with Crippen LogP contribution in [0.5, 0.6) is 0 Å². The van der Waals surface area contributed by atoms with Crippen LogP contribution >= 0.6 is 0 Å². The largest absolute Gasteiger partial charge is 0.384 e. The van der Waals surface area contributed by atoms with Crippen LogP contribution in [0.25, 0.3) is 0 Å². The summed E-state index contributed by atoms with van der Waals surface area (Å²) in [5.41, 5.74) is 10.6. The molecule has 7 nitrogen and oxygen atoms in total. The minimum atomic E-state index is -0.625. The standard InChI is InChI=1S/C23H20N4O3/c1-14-5-9-16(10-6-14)26-19-3-2-4-20(28)22(19)21(18(13-24)23(26)25)15-7-11-17(12-8-15)27(29)30/h5-12,21H,2-4,25H2,1H3. The third kappa shape index (κ3) is 3.12. The highest BCUT2D eigenvalue weighted by molar-refractivity contribution is 6.01. The highest BCUT2D eigenvalue weighted by Crippen LogP contribution is 2.46. The smallest absolute Gasteiger partial charge is 0.269 e. The van der Waals surface area contributed by atoms with Gasteiger partial charge in [0.2, 0.25) is 0 Å². The van der Waals surface area contributed by atoms with Gasteiger partial charge >= 0.3 is 0 Å². The van der Waals surface area contributed by atoms with Gasteiger partial charge in [-0.15, -0.1) is 0 Å². The van der Waals surface area contributed by atoms with Gasteiger partial charge in [-0.2, -0.15) is 5.26 Å². The summed E-state index contributed by atoms with van der Waals surface area (Å²) in [5, 5.41) is 21.0. The molecule has 1 atom stereocenters. The maximum absolute atomic E-state index is 13.0. The van der Waals surface area contributed by atoms with Gasteiger partial charge in [-0.05, 0) is 37.5 Å². The fourth-order valence-electron chi connectivity index (χ4n) is 4.20. The van der Waals surface area contributed by atoms with E-state index in [1.54, 1.807) is 12.1 Å². The number of carbonyl (C=O) groups excluding carboxylic acids is 1. The van der Waals surface area contributed by atoms with Crippen molar-refractivity contribution in [1.29, 1.82) is 5.26 Å². The van der Waals surface area contributed by atoms with E-state index in [-0.39, 0.29) is 22.9 Å². The summed E-state index contributed by atoms with van der Waals surface area (Å²) >= 11 is 0. The molecule has 1 aliphatic carbocycles. The summed E-state index contributed by atoms with van der Waals surface area (Å²) in [6.45, 7) is 1.99. The lowest BCUT2D eigenvalue weighted by Crippen LogP contribution is -2.38. The molecule has 0 spiro atoms. The zero-order chi connectivity index (χ0) is 21.4.